The summed E-state index contributed by atoms with van der Waals surface area (Å²) in [6, 6.07) is 12.2. The Bertz CT molecular complexity index is 590. The minimum atomic E-state index is -0.173. The monoisotopic (exact) mass is 266 g/mol. The molecule has 20 heavy (non-hydrogen) atoms. The molecule has 1 saturated heterocycles. The molecule has 0 bridgehead atoms. The molecule has 3 rings (SSSR count). The van der Waals surface area contributed by atoms with Crippen LogP contribution >= 0.6 is 0 Å². The fourth-order valence-corrected chi connectivity index (χ4v) is 2.74. The Labute approximate surface area is 119 Å². The molecular weight excluding hydrogens is 248 g/mol. The van der Waals surface area contributed by atoms with Crippen molar-refractivity contribution >= 4 is 0 Å². The lowest BCUT2D eigenvalue weighted by Crippen LogP contribution is -2.32. The second-order valence-corrected chi connectivity index (χ2v) is 5.18. The average Bonchev–Trinajstić information content (AvgIpc) is 3.00. The van der Waals surface area contributed by atoms with Gasteiger partial charge in [0.15, 0.2) is 0 Å². The number of hydrogen-bond donors (Lipinski definition) is 0. The molecule has 1 aromatic carbocycles. The Hall–Kier alpha value is -2.12. The highest BCUT2D eigenvalue weighted by molar-refractivity contribution is 5.32. The predicted molar refractivity (Wildman–Crippen MR) is 77.3 cm³/mol. The van der Waals surface area contributed by atoms with Crippen molar-refractivity contribution in [1.82, 2.24) is 14.7 Å². The number of aromatic nitrogens is 2. The lowest BCUT2D eigenvalue weighted by atomic mass is 10.1. The predicted octanol–water partition coefficient (Wildman–Crippen LogP) is 2.92. The Morgan fingerprint density at radius 1 is 1.10 bits per heavy atom. The van der Waals surface area contributed by atoms with E-state index >= 15 is 0 Å². The molecule has 102 valence electrons. The quantitative estimate of drug-likeness (QED) is 0.858. The number of likely N-dealkylation sites (tertiary alicyclic amines) is 1. The molecule has 1 unspecified atom stereocenters. The number of nitriles is 1. The first-order chi connectivity index (χ1) is 9.88. The van der Waals surface area contributed by atoms with Crippen LogP contribution in [0.25, 0.3) is 5.69 Å². The van der Waals surface area contributed by atoms with Gasteiger partial charge in [-0.2, -0.15) is 10.4 Å². The maximum atomic E-state index is 9.48. The van der Waals surface area contributed by atoms with Crippen LogP contribution in [-0.2, 0) is 0 Å². The summed E-state index contributed by atoms with van der Waals surface area (Å²) < 4.78 is 1.84. The molecule has 0 aliphatic carbocycles. The van der Waals surface area contributed by atoms with Gasteiger partial charge >= 0.3 is 0 Å². The van der Waals surface area contributed by atoms with Crippen LogP contribution in [0.2, 0.25) is 0 Å². The molecule has 1 fully saturated rings. The van der Waals surface area contributed by atoms with E-state index in [9.17, 15) is 5.26 Å². The molecule has 1 atom stereocenters. The van der Waals surface area contributed by atoms with Crippen molar-refractivity contribution in [3.05, 3.63) is 48.3 Å². The van der Waals surface area contributed by atoms with E-state index in [4.69, 9.17) is 0 Å². The summed E-state index contributed by atoms with van der Waals surface area (Å²) >= 11 is 0. The van der Waals surface area contributed by atoms with E-state index in [0.29, 0.717) is 0 Å². The van der Waals surface area contributed by atoms with Crippen molar-refractivity contribution in [2.75, 3.05) is 13.1 Å². The van der Waals surface area contributed by atoms with Gasteiger partial charge in [0, 0.05) is 11.8 Å². The zero-order valence-corrected chi connectivity index (χ0v) is 11.4. The molecule has 1 aliphatic rings. The summed E-state index contributed by atoms with van der Waals surface area (Å²) in [5.41, 5.74) is 2.01. The van der Waals surface area contributed by atoms with Crippen LogP contribution in [-0.4, -0.2) is 27.8 Å². The number of piperidine rings is 1. The highest BCUT2D eigenvalue weighted by atomic mass is 15.3. The molecule has 2 heterocycles. The van der Waals surface area contributed by atoms with Gasteiger partial charge in [0.25, 0.3) is 0 Å². The summed E-state index contributed by atoms with van der Waals surface area (Å²) in [7, 11) is 0. The molecule has 0 radical (unpaired) electrons. The van der Waals surface area contributed by atoms with Crippen molar-refractivity contribution in [3.8, 4) is 11.8 Å². The van der Waals surface area contributed by atoms with Crippen LogP contribution in [0.3, 0.4) is 0 Å². The summed E-state index contributed by atoms with van der Waals surface area (Å²) in [5.74, 6) is 0. The van der Waals surface area contributed by atoms with Crippen LogP contribution in [0.15, 0.2) is 42.7 Å². The van der Waals surface area contributed by atoms with Gasteiger partial charge in [0.05, 0.1) is 18.0 Å². The minimum absolute atomic E-state index is 0.173. The standard InChI is InChI=1S/C16H18N4/c17-11-16(19-9-5-2-6-10-19)14-12-18-20(13-14)15-7-3-1-4-8-15/h1,3-4,7-8,12-13,16H,2,5-6,9-10H2. The average molecular weight is 266 g/mol. The second kappa shape index (κ2) is 5.89. The molecule has 0 saturated carbocycles. The molecule has 2 aromatic rings. The van der Waals surface area contributed by atoms with Gasteiger partial charge in [0.1, 0.15) is 6.04 Å². The summed E-state index contributed by atoms with van der Waals surface area (Å²) in [6.45, 7) is 2.02. The van der Waals surface area contributed by atoms with Crippen LogP contribution in [0.5, 0.6) is 0 Å². The first-order valence-corrected chi connectivity index (χ1v) is 7.12. The van der Waals surface area contributed by atoms with E-state index in [2.05, 4.69) is 16.1 Å². The molecule has 4 nitrogen and oxygen atoms in total. The third-order valence-corrected chi connectivity index (χ3v) is 3.82. The van der Waals surface area contributed by atoms with E-state index in [1.165, 1.54) is 19.3 Å². The summed E-state index contributed by atoms with van der Waals surface area (Å²) in [5, 5.41) is 13.9. The van der Waals surface area contributed by atoms with E-state index in [0.717, 1.165) is 24.3 Å². The summed E-state index contributed by atoms with van der Waals surface area (Å²) in [4.78, 5) is 2.26. The molecule has 0 spiro atoms. The van der Waals surface area contributed by atoms with Crippen molar-refractivity contribution in [2.45, 2.75) is 25.3 Å². The fourth-order valence-electron chi connectivity index (χ4n) is 2.74. The van der Waals surface area contributed by atoms with Gasteiger partial charge in [-0.1, -0.05) is 24.6 Å². The number of hydrogen-bond acceptors (Lipinski definition) is 3. The maximum Gasteiger partial charge on any atom is 0.126 e. The molecule has 0 N–H and O–H groups in total. The highest BCUT2D eigenvalue weighted by Crippen LogP contribution is 2.24. The Morgan fingerprint density at radius 2 is 1.85 bits per heavy atom. The van der Waals surface area contributed by atoms with Crippen molar-refractivity contribution in [3.63, 3.8) is 0 Å². The number of rotatable bonds is 3. The second-order valence-electron chi connectivity index (χ2n) is 5.18. The lowest BCUT2D eigenvalue weighted by Gasteiger charge is -2.29. The first-order valence-electron chi connectivity index (χ1n) is 7.12. The largest absolute Gasteiger partial charge is 0.284 e. The van der Waals surface area contributed by atoms with Gasteiger partial charge in [-0.15, -0.1) is 0 Å². The smallest absolute Gasteiger partial charge is 0.126 e. The fraction of sp³-hybridized carbons (Fsp3) is 0.375. The third kappa shape index (κ3) is 2.59. The normalized spacial score (nSPS) is 17.6. The van der Waals surface area contributed by atoms with Crippen molar-refractivity contribution in [2.24, 2.45) is 0 Å². The molecular formula is C16H18N4. The van der Waals surface area contributed by atoms with Gasteiger partial charge < -0.3 is 0 Å². The minimum Gasteiger partial charge on any atom is -0.284 e. The first kappa shape index (κ1) is 12.9. The molecule has 0 amide bonds. The van der Waals surface area contributed by atoms with Crippen molar-refractivity contribution < 1.29 is 0 Å². The summed E-state index contributed by atoms with van der Waals surface area (Å²) in [6.07, 6.45) is 7.43. The van der Waals surface area contributed by atoms with Crippen LogP contribution in [0.4, 0.5) is 0 Å². The maximum absolute atomic E-state index is 9.48. The van der Waals surface area contributed by atoms with Gasteiger partial charge in [-0.25, -0.2) is 4.68 Å². The molecule has 1 aliphatic heterocycles. The lowest BCUT2D eigenvalue weighted by molar-refractivity contribution is 0.196. The Morgan fingerprint density at radius 3 is 2.55 bits per heavy atom. The van der Waals surface area contributed by atoms with Crippen LogP contribution in [0, 0.1) is 11.3 Å². The number of benzene rings is 1. The van der Waals surface area contributed by atoms with Gasteiger partial charge in [0.2, 0.25) is 0 Å². The van der Waals surface area contributed by atoms with Crippen LogP contribution < -0.4 is 0 Å². The highest BCUT2D eigenvalue weighted by Gasteiger charge is 2.23. The topological polar surface area (TPSA) is 44.9 Å². The van der Waals surface area contributed by atoms with E-state index in [1.54, 1.807) is 0 Å². The van der Waals surface area contributed by atoms with Gasteiger partial charge in [-0.05, 0) is 38.1 Å². The third-order valence-electron chi connectivity index (χ3n) is 3.82. The zero-order chi connectivity index (χ0) is 13.8. The zero-order valence-electron chi connectivity index (χ0n) is 11.4. The van der Waals surface area contributed by atoms with Crippen LogP contribution in [0.1, 0.15) is 30.9 Å². The number of para-hydroxylation sites is 1. The Balaban J connectivity index is 1.83. The molecule has 1 aromatic heterocycles. The Kier molecular flexibility index (Phi) is 3.80. The van der Waals surface area contributed by atoms with Crippen molar-refractivity contribution in [1.29, 1.82) is 5.26 Å². The SMILES string of the molecule is N#CC(c1cnn(-c2ccccc2)c1)N1CCCCC1. The van der Waals surface area contributed by atoms with E-state index in [-0.39, 0.29) is 6.04 Å². The number of nitrogens with zero attached hydrogens (tertiary/aromatic N) is 4. The van der Waals surface area contributed by atoms with E-state index in [1.807, 2.05) is 47.4 Å². The van der Waals surface area contributed by atoms with Gasteiger partial charge in [-0.3, -0.25) is 4.90 Å². The van der Waals surface area contributed by atoms with E-state index < -0.39 is 0 Å². The molecule has 4 heteroatoms.